The van der Waals surface area contributed by atoms with Crippen molar-refractivity contribution in [3.05, 3.63) is 95.1 Å². The van der Waals surface area contributed by atoms with Gasteiger partial charge in [0, 0.05) is 48.7 Å². The minimum atomic E-state index is -1.77. The van der Waals surface area contributed by atoms with Gasteiger partial charge in [-0.2, -0.15) is 0 Å². The van der Waals surface area contributed by atoms with Crippen LogP contribution in [0.3, 0.4) is 0 Å². The number of benzene rings is 3. The predicted molar refractivity (Wildman–Crippen MR) is 168 cm³/mol. The molecule has 0 saturated carbocycles. The fourth-order valence-corrected chi connectivity index (χ4v) is 5.94. The number of hydrogen-bond donors (Lipinski definition) is 4. The number of ether oxygens (including phenoxy) is 2. The van der Waals surface area contributed by atoms with Crippen LogP contribution in [-0.2, 0) is 37.0 Å². The lowest BCUT2D eigenvalue weighted by Crippen LogP contribution is -2.55. The number of piperidine rings is 1. The van der Waals surface area contributed by atoms with Crippen LogP contribution >= 0.6 is 0 Å². The number of carbonyl (C=O) groups is 4. The van der Waals surface area contributed by atoms with Crippen molar-refractivity contribution >= 4 is 40.9 Å². The normalized spacial score (nSPS) is 18.8. The minimum Gasteiger partial charge on any atom is -0.461 e. The molecule has 12 heteroatoms. The molecule has 2 fully saturated rings. The molecule has 4 N–H and O–H groups in total. The Labute approximate surface area is 265 Å². The van der Waals surface area contributed by atoms with Crippen LogP contribution in [0.25, 0.3) is 0 Å². The Morgan fingerprint density at radius 1 is 1.02 bits per heavy atom. The molecule has 3 aliphatic heterocycles. The van der Waals surface area contributed by atoms with Crippen molar-refractivity contribution in [3.8, 4) is 0 Å². The number of hydrogen-bond acceptors (Lipinski definition) is 8. The van der Waals surface area contributed by atoms with Gasteiger partial charge >= 0.3 is 5.97 Å². The van der Waals surface area contributed by atoms with E-state index in [2.05, 4.69) is 10.6 Å². The fourth-order valence-electron chi connectivity index (χ4n) is 5.94. The van der Waals surface area contributed by atoms with Gasteiger partial charge in [0.05, 0.1) is 12.5 Å². The topological polar surface area (TPSA) is 161 Å². The highest BCUT2D eigenvalue weighted by Gasteiger charge is 2.40. The summed E-state index contributed by atoms with van der Waals surface area (Å²) in [6.45, 7) is 1.74. The quantitative estimate of drug-likeness (QED) is 0.278. The molecule has 238 valence electrons. The zero-order valence-corrected chi connectivity index (χ0v) is 25.1. The number of carbonyl (C=O) groups excluding carboxylic acids is 4. The summed E-state index contributed by atoms with van der Waals surface area (Å²) in [5.74, 6) is -1.84. The first-order valence-corrected chi connectivity index (χ1v) is 15.3. The van der Waals surface area contributed by atoms with Crippen LogP contribution in [0.15, 0.2) is 72.8 Å². The van der Waals surface area contributed by atoms with Crippen LogP contribution in [0.4, 0.5) is 11.4 Å². The van der Waals surface area contributed by atoms with Crippen molar-refractivity contribution in [3.63, 3.8) is 0 Å². The van der Waals surface area contributed by atoms with Crippen molar-refractivity contribution in [1.82, 2.24) is 10.2 Å². The van der Waals surface area contributed by atoms with Gasteiger partial charge in [-0.05, 0) is 60.4 Å². The van der Waals surface area contributed by atoms with Crippen molar-refractivity contribution < 1.29 is 33.8 Å². The molecule has 12 nitrogen and oxygen atoms in total. The predicted octanol–water partition coefficient (Wildman–Crippen LogP) is 2.44. The van der Waals surface area contributed by atoms with E-state index in [9.17, 15) is 24.3 Å². The van der Waals surface area contributed by atoms with E-state index in [0.29, 0.717) is 55.2 Å². The van der Waals surface area contributed by atoms with E-state index in [1.54, 1.807) is 47.4 Å². The summed E-state index contributed by atoms with van der Waals surface area (Å²) >= 11 is 0. The largest absolute Gasteiger partial charge is 0.461 e. The molecule has 46 heavy (non-hydrogen) atoms. The highest BCUT2D eigenvalue weighted by atomic mass is 16.5. The van der Waals surface area contributed by atoms with Crippen LogP contribution in [0.5, 0.6) is 0 Å². The number of nitrogens with one attached hydrogen (secondary N) is 3. The van der Waals surface area contributed by atoms with Crippen molar-refractivity contribution in [1.29, 1.82) is 5.41 Å². The van der Waals surface area contributed by atoms with Gasteiger partial charge < -0.3 is 35.0 Å². The van der Waals surface area contributed by atoms with Crippen molar-refractivity contribution in [2.24, 2.45) is 5.92 Å². The van der Waals surface area contributed by atoms with Crippen LogP contribution in [0, 0.1) is 11.3 Å². The summed E-state index contributed by atoms with van der Waals surface area (Å²) in [4.78, 5) is 55.4. The monoisotopic (exact) mass is 625 g/mol. The van der Waals surface area contributed by atoms with Gasteiger partial charge in [-0.25, -0.2) is 0 Å². The Morgan fingerprint density at radius 2 is 1.80 bits per heavy atom. The van der Waals surface area contributed by atoms with Gasteiger partial charge in [0.1, 0.15) is 12.4 Å². The second-order valence-corrected chi connectivity index (χ2v) is 11.5. The highest BCUT2D eigenvalue weighted by molar-refractivity contribution is 6.05. The number of aliphatic hydroxyl groups excluding tert-OH is 1. The van der Waals surface area contributed by atoms with Gasteiger partial charge in [0.25, 0.3) is 17.7 Å². The summed E-state index contributed by atoms with van der Waals surface area (Å²) in [7, 11) is 0. The molecule has 3 aliphatic rings. The van der Waals surface area contributed by atoms with Gasteiger partial charge in [-0.3, -0.25) is 24.6 Å². The molecular weight excluding hydrogens is 590 g/mol. The summed E-state index contributed by atoms with van der Waals surface area (Å²) < 4.78 is 11.0. The first-order chi connectivity index (χ1) is 22.3. The van der Waals surface area contributed by atoms with Crippen molar-refractivity contribution in [2.75, 3.05) is 36.5 Å². The van der Waals surface area contributed by atoms with E-state index in [1.165, 1.54) is 4.90 Å². The SMILES string of the molecule is N=C1NCc2cc(NC(=O)[C@H](O)[C@H]3OCCN(c4cccc(C(=O)N5CCC(C(=O)OCc6ccccc6)CC5)c4)C3=O)ccc21. The summed E-state index contributed by atoms with van der Waals surface area (Å²) in [6, 6.07) is 21.2. The summed E-state index contributed by atoms with van der Waals surface area (Å²) in [5, 5.41) is 24.2. The lowest BCUT2D eigenvalue weighted by molar-refractivity contribution is -0.151. The summed E-state index contributed by atoms with van der Waals surface area (Å²) in [6.07, 6.45) is -2.22. The number of amides is 3. The van der Waals surface area contributed by atoms with E-state index in [4.69, 9.17) is 14.9 Å². The number of amidine groups is 1. The molecule has 3 amide bonds. The standard InChI is InChI=1S/C34H35N5O7/c35-30-27-10-9-25(17-24(27)19-36-30)37-31(41)28(40)29-33(43)39(15-16-45-29)26-8-4-7-23(18-26)32(42)38-13-11-22(12-14-38)34(44)46-20-21-5-2-1-3-6-21/h1-10,17-18,22,28-29,40H,11-16,19-20H2,(H2,35,36)(H,37,41)/t28-,29-/m1/s1. The zero-order valence-electron chi connectivity index (χ0n) is 25.1. The Balaban J connectivity index is 1.04. The second kappa shape index (κ2) is 13.5. The van der Waals surface area contributed by atoms with E-state index < -0.39 is 24.0 Å². The first kappa shape index (κ1) is 30.9. The second-order valence-electron chi connectivity index (χ2n) is 11.5. The highest BCUT2D eigenvalue weighted by Crippen LogP contribution is 2.26. The Kier molecular flexibility index (Phi) is 9.08. The number of esters is 1. The number of anilines is 2. The third-order valence-electron chi connectivity index (χ3n) is 8.52. The van der Waals surface area contributed by atoms with Gasteiger partial charge in [0.2, 0.25) is 0 Å². The Hall–Kier alpha value is -5.07. The maximum Gasteiger partial charge on any atom is 0.309 e. The molecule has 0 spiro atoms. The molecular formula is C34H35N5O7. The third-order valence-corrected chi connectivity index (χ3v) is 8.52. The number of rotatable bonds is 8. The number of morpholine rings is 1. The molecule has 0 aromatic heterocycles. The third kappa shape index (κ3) is 6.63. The molecule has 2 atom stereocenters. The molecule has 3 aromatic rings. The molecule has 3 heterocycles. The molecule has 2 saturated heterocycles. The molecule has 3 aromatic carbocycles. The smallest absolute Gasteiger partial charge is 0.309 e. The van der Waals surface area contributed by atoms with Gasteiger partial charge in [-0.1, -0.05) is 36.4 Å². The number of likely N-dealkylation sites (tertiary alicyclic amines) is 1. The zero-order chi connectivity index (χ0) is 32.2. The Bertz CT molecular complexity index is 1650. The maximum absolute atomic E-state index is 13.4. The van der Waals surface area contributed by atoms with Crippen LogP contribution < -0.4 is 15.5 Å². The van der Waals surface area contributed by atoms with E-state index in [1.807, 2.05) is 30.3 Å². The number of fused-ring (bicyclic) bond motifs is 1. The average molecular weight is 626 g/mol. The van der Waals surface area contributed by atoms with Crippen LogP contribution in [-0.4, -0.2) is 78.0 Å². The van der Waals surface area contributed by atoms with E-state index in [0.717, 1.165) is 16.7 Å². The number of aliphatic hydroxyl groups is 1. The van der Waals surface area contributed by atoms with E-state index >= 15 is 0 Å². The molecule has 0 bridgehead atoms. The lowest BCUT2D eigenvalue weighted by Gasteiger charge is -2.34. The molecule has 0 radical (unpaired) electrons. The van der Waals surface area contributed by atoms with Crippen molar-refractivity contribution in [2.45, 2.75) is 38.2 Å². The van der Waals surface area contributed by atoms with Crippen LogP contribution in [0.1, 0.15) is 39.9 Å². The number of nitrogens with zero attached hydrogens (tertiary/aromatic N) is 2. The van der Waals surface area contributed by atoms with Gasteiger partial charge in [-0.15, -0.1) is 0 Å². The lowest BCUT2D eigenvalue weighted by atomic mass is 9.96. The van der Waals surface area contributed by atoms with E-state index in [-0.39, 0.29) is 37.6 Å². The summed E-state index contributed by atoms with van der Waals surface area (Å²) in [5.41, 5.74) is 3.76. The molecule has 0 unspecified atom stereocenters. The Morgan fingerprint density at radius 3 is 2.59 bits per heavy atom. The average Bonchev–Trinajstić information content (AvgIpc) is 3.46. The minimum absolute atomic E-state index is 0.0828. The molecule has 6 rings (SSSR count). The fraction of sp³-hybridized carbons (Fsp3) is 0.324. The molecule has 0 aliphatic carbocycles. The van der Waals surface area contributed by atoms with Crippen LogP contribution in [0.2, 0.25) is 0 Å². The van der Waals surface area contributed by atoms with Gasteiger partial charge in [0.15, 0.2) is 12.2 Å². The first-order valence-electron chi connectivity index (χ1n) is 15.3. The maximum atomic E-state index is 13.4.